The second-order valence-electron chi connectivity index (χ2n) is 6.49. The Bertz CT molecular complexity index is 1080. The van der Waals surface area contributed by atoms with Gasteiger partial charge < -0.3 is 9.08 Å². The number of alkyl halides is 6. The van der Waals surface area contributed by atoms with Crippen molar-refractivity contribution in [1.82, 2.24) is 0 Å². The van der Waals surface area contributed by atoms with Crippen LogP contribution in [0.15, 0.2) is 41.3 Å². The maximum absolute atomic E-state index is 12.9. The minimum atomic E-state index is -5.15. The highest BCUT2D eigenvalue weighted by molar-refractivity contribution is 7.87. The lowest BCUT2D eigenvalue weighted by Crippen LogP contribution is -2.25. The predicted molar refractivity (Wildman–Crippen MR) is 92.4 cm³/mol. The van der Waals surface area contributed by atoms with E-state index in [0.29, 0.717) is 24.2 Å². The lowest BCUT2D eigenvalue weighted by Gasteiger charge is -2.16. The van der Waals surface area contributed by atoms with Gasteiger partial charge in [0.1, 0.15) is 10.6 Å². The monoisotopic (exact) mass is 453 g/mol. The Kier molecular flexibility index (Phi) is 5.25. The fourth-order valence-electron chi connectivity index (χ4n) is 3.01. The van der Waals surface area contributed by atoms with Crippen LogP contribution in [0.2, 0.25) is 0 Å². The van der Waals surface area contributed by atoms with E-state index < -0.39 is 44.2 Å². The zero-order valence-corrected chi connectivity index (χ0v) is 16.0. The molecule has 0 N–H and O–H groups in total. The summed E-state index contributed by atoms with van der Waals surface area (Å²) in [5.74, 6) is -1.38. The number of carbonyl (C=O) groups is 1. The van der Waals surface area contributed by atoms with Gasteiger partial charge in [0.15, 0.2) is 0 Å². The number of rotatable bonds is 3. The molecule has 1 heterocycles. The van der Waals surface area contributed by atoms with Crippen molar-refractivity contribution in [3.8, 4) is 5.75 Å². The van der Waals surface area contributed by atoms with Crippen molar-refractivity contribution in [2.24, 2.45) is 0 Å². The van der Waals surface area contributed by atoms with Crippen molar-refractivity contribution in [2.45, 2.75) is 30.6 Å². The van der Waals surface area contributed by atoms with Gasteiger partial charge in [0.05, 0.1) is 11.1 Å². The lowest BCUT2D eigenvalue weighted by molar-refractivity contribution is -0.143. The average molecular weight is 453 g/mol. The molecule has 12 heteroatoms. The Morgan fingerprint density at radius 1 is 0.967 bits per heavy atom. The first-order chi connectivity index (χ1) is 13.7. The van der Waals surface area contributed by atoms with E-state index in [0.717, 1.165) is 6.07 Å². The van der Waals surface area contributed by atoms with Crippen LogP contribution in [0.1, 0.15) is 23.6 Å². The maximum Gasteiger partial charge on any atom is 0.416 e. The molecule has 5 nitrogen and oxygen atoms in total. The Morgan fingerprint density at radius 3 is 2.03 bits per heavy atom. The number of amides is 1. The van der Waals surface area contributed by atoms with Crippen molar-refractivity contribution in [3.05, 3.63) is 53.1 Å². The zero-order valence-electron chi connectivity index (χ0n) is 15.1. The molecule has 1 aliphatic heterocycles. The van der Waals surface area contributed by atoms with Crippen molar-refractivity contribution < 1.29 is 43.7 Å². The van der Waals surface area contributed by atoms with Crippen LogP contribution in [0.3, 0.4) is 0 Å². The third kappa shape index (κ3) is 4.37. The average Bonchev–Trinajstić information content (AvgIpc) is 3.03. The zero-order chi connectivity index (χ0) is 22.5. The largest absolute Gasteiger partial charge is 0.416 e. The molecular formula is C18H13F6NO4S. The number of benzene rings is 2. The summed E-state index contributed by atoms with van der Waals surface area (Å²) in [7, 11) is -4.74. The van der Waals surface area contributed by atoms with Gasteiger partial charge in [-0.25, -0.2) is 0 Å². The SMILES string of the molecule is CC(=O)N1CCc2cc(S(=O)(=O)Oc3cc(C(F)(F)F)cc(C(F)(F)F)c3)ccc21. The summed E-state index contributed by atoms with van der Waals surface area (Å²) in [6, 6.07) is 3.79. The molecule has 162 valence electrons. The van der Waals surface area contributed by atoms with E-state index in [-0.39, 0.29) is 24.1 Å². The van der Waals surface area contributed by atoms with E-state index in [1.165, 1.54) is 24.0 Å². The molecule has 0 aliphatic carbocycles. The number of nitrogens with zero attached hydrogens (tertiary/aromatic N) is 1. The van der Waals surface area contributed by atoms with Crippen LogP contribution in [-0.2, 0) is 33.7 Å². The fourth-order valence-corrected chi connectivity index (χ4v) is 3.98. The van der Waals surface area contributed by atoms with Crippen LogP contribution >= 0.6 is 0 Å². The number of hydrogen-bond donors (Lipinski definition) is 0. The van der Waals surface area contributed by atoms with E-state index in [1.54, 1.807) is 0 Å². The van der Waals surface area contributed by atoms with Gasteiger partial charge in [-0.3, -0.25) is 4.79 Å². The summed E-state index contributed by atoms with van der Waals surface area (Å²) >= 11 is 0. The maximum atomic E-state index is 12.9. The van der Waals surface area contributed by atoms with Gasteiger partial charge in [-0.05, 0) is 48.4 Å². The molecular weight excluding hydrogens is 440 g/mol. The molecule has 0 saturated heterocycles. The van der Waals surface area contributed by atoms with Gasteiger partial charge in [0.25, 0.3) is 0 Å². The first-order valence-corrected chi connectivity index (χ1v) is 9.74. The molecule has 0 unspecified atom stereocenters. The molecule has 30 heavy (non-hydrogen) atoms. The number of anilines is 1. The highest BCUT2D eigenvalue weighted by atomic mass is 32.2. The van der Waals surface area contributed by atoms with E-state index in [9.17, 15) is 39.6 Å². The summed E-state index contributed by atoms with van der Waals surface area (Å²) in [5.41, 5.74) is -2.45. The smallest absolute Gasteiger partial charge is 0.379 e. The lowest BCUT2D eigenvalue weighted by atomic mass is 10.1. The molecule has 0 radical (unpaired) electrons. The second kappa shape index (κ2) is 7.18. The predicted octanol–water partition coefficient (Wildman–Crippen LogP) is 4.40. The molecule has 2 aromatic rings. The Labute approximate surface area is 167 Å². The Balaban J connectivity index is 1.99. The van der Waals surface area contributed by atoms with E-state index in [2.05, 4.69) is 4.18 Å². The molecule has 1 aliphatic rings. The quantitative estimate of drug-likeness (QED) is 0.511. The van der Waals surface area contributed by atoms with E-state index in [4.69, 9.17) is 0 Å². The third-order valence-corrected chi connectivity index (χ3v) is 5.63. The minimum Gasteiger partial charge on any atom is -0.379 e. The molecule has 0 saturated carbocycles. The van der Waals surface area contributed by atoms with Crippen molar-refractivity contribution in [2.75, 3.05) is 11.4 Å². The fraction of sp³-hybridized carbons (Fsp3) is 0.278. The summed E-state index contributed by atoms with van der Waals surface area (Å²) in [6.45, 7) is 1.65. The van der Waals surface area contributed by atoms with Gasteiger partial charge in [-0.1, -0.05) is 0 Å². The topological polar surface area (TPSA) is 63.7 Å². The van der Waals surface area contributed by atoms with Crippen LogP contribution in [0.5, 0.6) is 5.75 Å². The summed E-state index contributed by atoms with van der Waals surface area (Å²) in [4.78, 5) is 12.5. The number of fused-ring (bicyclic) bond motifs is 1. The van der Waals surface area contributed by atoms with Gasteiger partial charge in [0.2, 0.25) is 5.91 Å². The molecule has 0 fully saturated rings. The summed E-state index contributed by atoms with van der Waals surface area (Å²) in [6.07, 6.45) is -9.96. The van der Waals surface area contributed by atoms with Crippen LogP contribution in [0.4, 0.5) is 32.0 Å². The minimum absolute atomic E-state index is 0.134. The van der Waals surface area contributed by atoms with Crippen LogP contribution in [0, 0.1) is 0 Å². The molecule has 1 amide bonds. The van der Waals surface area contributed by atoms with Crippen molar-refractivity contribution in [3.63, 3.8) is 0 Å². The molecule has 0 bridgehead atoms. The number of carbonyl (C=O) groups excluding carboxylic acids is 1. The normalized spacial score (nSPS) is 14.6. The summed E-state index contributed by atoms with van der Waals surface area (Å²) < 4.78 is 107. The first-order valence-electron chi connectivity index (χ1n) is 8.33. The van der Waals surface area contributed by atoms with Crippen LogP contribution in [0.25, 0.3) is 0 Å². The molecule has 2 aromatic carbocycles. The first kappa shape index (κ1) is 21.9. The van der Waals surface area contributed by atoms with Crippen molar-refractivity contribution in [1.29, 1.82) is 0 Å². The van der Waals surface area contributed by atoms with Gasteiger partial charge in [0, 0.05) is 19.2 Å². The van der Waals surface area contributed by atoms with Gasteiger partial charge in [-0.2, -0.15) is 34.8 Å². The molecule has 3 rings (SSSR count). The standard InChI is InChI=1S/C18H13F6NO4S/c1-10(26)25-5-4-11-6-15(2-3-16(11)25)30(27,28)29-14-8-12(17(19,20)21)7-13(9-14)18(22,23)24/h2-3,6-9H,4-5H2,1H3. The molecule has 0 spiro atoms. The third-order valence-electron chi connectivity index (χ3n) is 4.38. The van der Waals surface area contributed by atoms with Crippen LogP contribution in [-0.4, -0.2) is 20.9 Å². The number of halogens is 6. The Morgan fingerprint density at radius 2 is 1.53 bits per heavy atom. The Hall–Kier alpha value is -2.76. The highest BCUT2D eigenvalue weighted by Gasteiger charge is 2.38. The van der Waals surface area contributed by atoms with Gasteiger partial charge in [-0.15, -0.1) is 0 Å². The van der Waals surface area contributed by atoms with E-state index >= 15 is 0 Å². The highest BCUT2D eigenvalue weighted by Crippen LogP contribution is 2.39. The second-order valence-corrected chi connectivity index (χ2v) is 8.04. The van der Waals surface area contributed by atoms with E-state index in [1.807, 2.05) is 0 Å². The molecule has 0 aromatic heterocycles. The number of hydrogen-bond acceptors (Lipinski definition) is 4. The molecule has 0 atom stereocenters. The van der Waals surface area contributed by atoms with Crippen LogP contribution < -0.4 is 9.08 Å². The van der Waals surface area contributed by atoms with Crippen molar-refractivity contribution >= 4 is 21.7 Å². The van der Waals surface area contributed by atoms with Gasteiger partial charge >= 0.3 is 22.5 Å². The summed E-state index contributed by atoms with van der Waals surface area (Å²) in [5, 5.41) is 0.